The molecule has 0 aromatic heterocycles. The number of primary sulfonamides is 1. The van der Waals surface area contributed by atoms with Gasteiger partial charge in [0.1, 0.15) is 11.8 Å². The van der Waals surface area contributed by atoms with Crippen LogP contribution in [-0.4, -0.2) is 50.2 Å². The van der Waals surface area contributed by atoms with Gasteiger partial charge in [0.15, 0.2) is 0 Å². The summed E-state index contributed by atoms with van der Waals surface area (Å²) < 4.78 is 28.3. The minimum absolute atomic E-state index is 0.120. The van der Waals surface area contributed by atoms with Crippen LogP contribution in [0.1, 0.15) is 48.9 Å². The van der Waals surface area contributed by atoms with Gasteiger partial charge >= 0.3 is 0 Å². The van der Waals surface area contributed by atoms with E-state index in [9.17, 15) is 22.8 Å². The lowest BCUT2D eigenvalue weighted by molar-refractivity contribution is -0.123. The van der Waals surface area contributed by atoms with Gasteiger partial charge in [-0.3, -0.25) is 14.4 Å². The Balaban J connectivity index is 1.65. The summed E-state index contributed by atoms with van der Waals surface area (Å²) in [5.41, 5.74) is 0.660. The van der Waals surface area contributed by atoms with E-state index in [1.54, 1.807) is 29.2 Å². The van der Waals surface area contributed by atoms with Crippen LogP contribution in [0.3, 0.4) is 0 Å². The van der Waals surface area contributed by atoms with Crippen molar-refractivity contribution in [3.63, 3.8) is 0 Å². The number of hydrogen-bond acceptors (Lipinski definition) is 6. The van der Waals surface area contributed by atoms with Gasteiger partial charge in [-0.2, -0.15) is 0 Å². The molecule has 9 nitrogen and oxygen atoms in total. The van der Waals surface area contributed by atoms with Crippen LogP contribution in [0.15, 0.2) is 53.4 Å². The lowest BCUT2D eigenvalue weighted by Gasteiger charge is -2.37. The molecule has 1 saturated heterocycles. The van der Waals surface area contributed by atoms with E-state index >= 15 is 0 Å². The summed E-state index contributed by atoms with van der Waals surface area (Å²) in [6.07, 6.45) is 4.37. The van der Waals surface area contributed by atoms with Gasteiger partial charge in [-0.15, -0.1) is 0 Å². The molecule has 4 rings (SSSR count). The van der Waals surface area contributed by atoms with Crippen molar-refractivity contribution in [2.45, 2.75) is 55.5 Å². The first-order chi connectivity index (χ1) is 16.2. The van der Waals surface area contributed by atoms with Crippen LogP contribution < -0.4 is 14.8 Å². The lowest BCUT2D eigenvalue weighted by atomic mass is 9.92. The first-order valence-electron chi connectivity index (χ1n) is 11.2. The molecule has 0 radical (unpaired) electrons. The molecule has 2 N–H and O–H groups in total. The van der Waals surface area contributed by atoms with Crippen molar-refractivity contribution >= 4 is 33.4 Å². The van der Waals surface area contributed by atoms with Crippen molar-refractivity contribution in [2.24, 2.45) is 5.14 Å². The highest BCUT2D eigenvalue weighted by Crippen LogP contribution is 2.32. The summed E-state index contributed by atoms with van der Waals surface area (Å²) in [6.45, 7) is 0. The van der Waals surface area contributed by atoms with E-state index in [-0.39, 0.29) is 29.0 Å². The molecule has 2 aromatic carbocycles. The highest BCUT2D eigenvalue weighted by molar-refractivity contribution is 7.89. The van der Waals surface area contributed by atoms with Crippen molar-refractivity contribution in [1.29, 1.82) is 0 Å². The maximum atomic E-state index is 13.6. The normalized spacial score (nSPS) is 19.4. The molecule has 0 bridgehead atoms. The van der Waals surface area contributed by atoms with Crippen molar-refractivity contribution < 1.29 is 27.5 Å². The first-order valence-corrected chi connectivity index (χ1v) is 12.7. The zero-order chi connectivity index (χ0) is 24.5. The van der Waals surface area contributed by atoms with E-state index in [2.05, 4.69) is 0 Å². The summed E-state index contributed by atoms with van der Waals surface area (Å²) >= 11 is 0. The third-order valence-corrected chi connectivity index (χ3v) is 7.35. The number of nitrogens with zero attached hydrogens (tertiary/aromatic N) is 2. The average molecular weight is 486 g/mol. The SMILES string of the molecule is COc1ccc(C(=O)N(C2CCCCC2)C2CC(=O)N(c3ccc(S(N)(=O)=O)cc3)C2=O)cc1. The number of carbonyl (C=O) groups excluding carboxylic acids is 3. The van der Waals surface area contributed by atoms with Gasteiger partial charge in [0.25, 0.3) is 11.8 Å². The van der Waals surface area contributed by atoms with Gasteiger partial charge < -0.3 is 9.64 Å². The molecule has 2 aromatic rings. The van der Waals surface area contributed by atoms with Gasteiger partial charge in [-0.25, -0.2) is 18.5 Å². The molecule has 2 aliphatic rings. The van der Waals surface area contributed by atoms with E-state index < -0.39 is 27.9 Å². The Morgan fingerprint density at radius 1 is 1.00 bits per heavy atom. The number of imide groups is 1. The smallest absolute Gasteiger partial charge is 0.257 e. The number of benzene rings is 2. The van der Waals surface area contributed by atoms with Crippen molar-refractivity contribution in [1.82, 2.24) is 4.90 Å². The number of methoxy groups -OCH3 is 1. The van der Waals surface area contributed by atoms with Crippen LogP contribution in [0.4, 0.5) is 5.69 Å². The van der Waals surface area contributed by atoms with Gasteiger partial charge in [-0.05, 0) is 61.4 Å². The van der Waals surface area contributed by atoms with Crippen molar-refractivity contribution in [2.75, 3.05) is 12.0 Å². The number of nitrogens with two attached hydrogens (primary N) is 1. The van der Waals surface area contributed by atoms with E-state index in [4.69, 9.17) is 9.88 Å². The summed E-state index contributed by atoms with van der Waals surface area (Å²) in [4.78, 5) is 42.5. The molecule has 34 heavy (non-hydrogen) atoms. The lowest BCUT2D eigenvalue weighted by Crippen LogP contribution is -2.51. The van der Waals surface area contributed by atoms with Crippen LogP contribution in [0.2, 0.25) is 0 Å². The molecule has 1 aliphatic carbocycles. The summed E-state index contributed by atoms with van der Waals surface area (Å²) in [6, 6.07) is 10.9. The van der Waals surface area contributed by atoms with E-state index in [0.717, 1.165) is 37.0 Å². The second-order valence-corrected chi connectivity index (χ2v) is 10.1. The topological polar surface area (TPSA) is 127 Å². The molecule has 1 aliphatic heterocycles. The fourth-order valence-corrected chi connectivity index (χ4v) is 5.21. The Morgan fingerprint density at radius 2 is 1.62 bits per heavy atom. The fourth-order valence-electron chi connectivity index (χ4n) is 4.69. The molecular formula is C24H27N3O6S. The molecule has 1 heterocycles. The first kappa shape index (κ1) is 23.9. The number of rotatable bonds is 6. The van der Waals surface area contributed by atoms with E-state index in [1.807, 2.05) is 0 Å². The van der Waals surface area contributed by atoms with Crippen LogP contribution in [0, 0.1) is 0 Å². The monoisotopic (exact) mass is 485 g/mol. The Morgan fingerprint density at radius 3 is 2.18 bits per heavy atom. The number of amides is 3. The largest absolute Gasteiger partial charge is 0.497 e. The zero-order valence-electron chi connectivity index (χ0n) is 18.8. The quantitative estimate of drug-likeness (QED) is 0.626. The molecule has 3 amide bonds. The Labute approximate surface area is 198 Å². The molecule has 1 unspecified atom stereocenters. The maximum absolute atomic E-state index is 13.6. The summed E-state index contributed by atoms with van der Waals surface area (Å²) in [5, 5.41) is 5.14. The minimum Gasteiger partial charge on any atom is -0.497 e. The van der Waals surface area contributed by atoms with Crippen molar-refractivity contribution in [3.8, 4) is 5.75 Å². The molecule has 10 heteroatoms. The highest BCUT2D eigenvalue weighted by Gasteiger charge is 2.46. The number of carbonyl (C=O) groups is 3. The van der Waals surface area contributed by atoms with Crippen LogP contribution in [0.5, 0.6) is 5.75 Å². The van der Waals surface area contributed by atoms with Crippen LogP contribution in [-0.2, 0) is 19.6 Å². The number of hydrogen-bond donors (Lipinski definition) is 1. The summed E-state index contributed by atoms with van der Waals surface area (Å²) in [7, 11) is -2.37. The van der Waals surface area contributed by atoms with Gasteiger partial charge in [0, 0.05) is 11.6 Å². The third kappa shape index (κ3) is 4.69. The van der Waals surface area contributed by atoms with E-state index in [1.165, 1.54) is 31.4 Å². The molecule has 1 atom stereocenters. The molecular weight excluding hydrogens is 458 g/mol. The third-order valence-electron chi connectivity index (χ3n) is 6.42. The number of sulfonamides is 1. The predicted molar refractivity (Wildman–Crippen MR) is 125 cm³/mol. The fraction of sp³-hybridized carbons (Fsp3) is 0.375. The van der Waals surface area contributed by atoms with Gasteiger partial charge in [-0.1, -0.05) is 19.3 Å². The second-order valence-electron chi connectivity index (χ2n) is 8.56. The van der Waals surface area contributed by atoms with Crippen molar-refractivity contribution in [3.05, 3.63) is 54.1 Å². The zero-order valence-corrected chi connectivity index (χ0v) is 19.7. The van der Waals surface area contributed by atoms with Crippen LogP contribution >= 0.6 is 0 Å². The van der Waals surface area contributed by atoms with Crippen LogP contribution in [0.25, 0.3) is 0 Å². The maximum Gasteiger partial charge on any atom is 0.257 e. The standard InChI is InChI=1S/C24H27N3O6S/c1-33-19-11-7-16(8-12-19)23(29)26(17-5-3-2-4-6-17)21-15-22(28)27(24(21)30)18-9-13-20(14-10-18)34(25,31)32/h7-14,17,21H,2-6,15H2,1H3,(H2,25,31,32). The Kier molecular flexibility index (Phi) is 6.72. The highest BCUT2D eigenvalue weighted by atomic mass is 32.2. The molecule has 0 spiro atoms. The number of ether oxygens (including phenoxy) is 1. The molecule has 1 saturated carbocycles. The molecule has 180 valence electrons. The molecule has 2 fully saturated rings. The van der Waals surface area contributed by atoms with Gasteiger partial charge in [0.05, 0.1) is 24.1 Å². The summed E-state index contributed by atoms with van der Waals surface area (Å²) in [5.74, 6) is -0.628. The Hall–Kier alpha value is -3.24. The van der Waals surface area contributed by atoms with Gasteiger partial charge in [0.2, 0.25) is 15.9 Å². The Bertz CT molecular complexity index is 1190. The average Bonchev–Trinajstić information content (AvgIpc) is 3.12. The second kappa shape index (κ2) is 9.55. The van der Waals surface area contributed by atoms with E-state index in [0.29, 0.717) is 11.3 Å². The minimum atomic E-state index is -3.91. The number of anilines is 1. The predicted octanol–water partition coefficient (Wildman–Crippen LogP) is 2.45.